The molecular formula is C74H76N8O10. The van der Waals surface area contributed by atoms with E-state index < -0.39 is 24.0 Å². The molecule has 0 fully saturated rings. The van der Waals surface area contributed by atoms with Crippen molar-refractivity contribution >= 4 is 57.6 Å². The lowest BCUT2D eigenvalue weighted by atomic mass is 10.0. The van der Waals surface area contributed by atoms with Crippen molar-refractivity contribution in [2.24, 2.45) is 0 Å². The first-order valence-corrected chi connectivity index (χ1v) is 30.8. The Morgan fingerprint density at radius 1 is 0.457 bits per heavy atom. The highest BCUT2D eigenvalue weighted by molar-refractivity contribution is 6.00. The Kier molecular flexibility index (Phi) is 23.1. The van der Waals surface area contributed by atoms with Gasteiger partial charge in [0.25, 0.3) is 11.8 Å². The van der Waals surface area contributed by atoms with Gasteiger partial charge < -0.3 is 30.0 Å². The van der Waals surface area contributed by atoms with Gasteiger partial charge in [0, 0.05) is 62.0 Å². The molecule has 4 amide bonds. The summed E-state index contributed by atoms with van der Waals surface area (Å²) in [6, 6.07) is 58.5. The van der Waals surface area contributed by atoms with Crippen molar-refractivity contribution in [3.8, 4) is 0 Å². The van der Waals surface area contributed by atoms with Crippen LogP contribution in [0.1, 0.15) is 137 Å². The van der Waals surface area contributed by atoms with Gasteiger partial charge in [0.05, 0.1) is 46.4 Å². The van der Waals surface area contributed by atoms with Crippen LogP contribution in [-0.2, 0) is 71.3 Å². The number of nitrogens with zero attached hydrogens (tertiary/aromatic N) is 4. The molecule has 0 aliphatic rings. The van der Waals surface area contributed by atoms with E-state index in [-0.39, 0.29) is 60.8 Å². The molecule has 0 radical (unpaired) electrons. The maximum Gasteiger partial charge on any atom is 0.335 e. The third-order valence-electron chi connectivity index (χ3n) is 15.5. The second-order valence-electron chi connectivity index (χ2n) is 22.8. The molecule has 8 aromatic carbocycles. The van der Waals surface area contributed by atoms with Gasteiger partial charge in [-0.3, -0.25) is 28.9 Å². The molecule has 0 aliphatic carbocycles. The summed E-state index contributed by atoms with van der Waals surface area (Å²) in [5, 5.41) is 24.7. The van der Waals surface area contributed by atoms with E-state index in [1.807, 2.05) is 166 Å². The van der Waals surface area contributed by atoms with Crippen molar-refractivity contribution in [3.05, 3.63) is 273 Å². The molecule has 2 atom stereocenters. The summed E-state index contributed by atoms with van der Waals surface area (Å²) in [4.78, 5) is 96.5. The zero-order chi connectivity index (χ0) is 64.9. The quantitative estimate of drug-likeness (QED) is 0.0251. The Labute approximate surface area is 534 Å². The third-order valence-corrected chi connectivity index (χ3v) is 15.5. The molecule has 10 rings (SSSR count). The average Bonchev–Trinajstić information content (AvgIpc) is 1.64. The topological polar surface area (TPSA) is 245 Å². The highest BCUT2D eigenvalue weighted by atomic mass is 16.7. The van der Waals surface area contributed by atoms with Crippen LogP contribution >= 0.6 is 0 Å². The van der Waals surface area contributed by atoms with Crippen molar-refractivity contribution in [1.29, 1.82) is 0 Å². The van der Waals surface area contributed by atoms with Crippen molar-refractivity contribution in [3.63, 3.8) is 0 Å². The fraction of sp³-hybridized carbons (Fsp3) is 0.243. The van der Waals surface area contributed by atoms with Crippen LogP contribution in [0.5, 0.6) is 0 Å². The number of carbonyl (C=O) groups is 6. The minimum Gasteiger partial charge on any atom is -0.478 e. The van der Waals surface area contributed by atoms with Crippen LogP contribution in [0, 0.1) is 13.8 Å². The van der Waals surface area contributed by atoms with E-state index in [0.29, 0.717) is 42.6 Å². The molecule has 0 saturated heterocycles. The monoisotopic (exact) mass is 1240 g/mol. The van der Waals surface area contributed by atoms with Gasteiger partial charge >= 0.3 is 11.9 Å². The van der Waals surface area contributed by atoms with Crippen molar-refractivity contribution in [1.82, 2.24) is 40.7 Å². The predicted molar refractivity (Wildman–Crippen MR) is 353 cm³/mol. The number of amides is 4. The largest absolute Gasteiger partial charge is 0.478 e. The minimum atomic E-state index is -0.972. The molecule has 10 aromatic rings. The number of aromatic carboxylic acids is 2. The van der Waals surface area contributed by atoms with Gasteiger partial charge in [-0.2, -0.15) is 0 Å². The number of nitrogens with one attached hydrogen (secondary N) is 4. The summed E-state index contributed by atoms with van der Waals surface area (Å²) < 4.78 is 4.24. The molecule has 2 aromatic heterocycles. The lowest BCUT2D eigenvalue weighted by molar-refractivity contribution is -0.135. The van der Waals surface area contributed by atoms with E-state index in [4.69, 9.17) is 19.6 Å². The average molecular weight is 1240 g/mol. The number of carboxylic acid groups (broad SMARTS) is 2. The molecule has 0 aliphatic heterocycles. The standard InChI is InChI=1S/2C37H38N4O5/c1-3-10-33-39-35-25(2)19-30(21-32(35)41(33)23-27-15-17-29(18-16-27)37(44)45)36(43)38-31(20-26-11-6-4-7-12-26)22-34(42)40-46-24-28-13-8-5-9-14-28;1-3-10-33-39-32-21-30(19-25(2)35(32)41(33)23-27-15-17-29(18-16-27)37(44)45)36(43)38-31(20-26-11-6-4-7-12-26)22-34(42)40-46-24-28-13-8-5-9-14-28/h2*4-9,11-19,21,31H,3,10,20,22-24H2,1-2H3,(H,38,43)(H,40,42)(H,44,45)/t2*31-/m11/s1. The number of hydrogen-bond acceptors (Lipinski definition) is 10. The Morgan fingerprint density at radius 2 is 0.859 bits per heavy atom. The van der Waals surface area contributed by atoms with Crippen molar-refractivity contribution in [2.45, 2.75) is 117 Å². The Balaban J connectivity index is 0.000000217. The molecule has 2 heterocycles. The number of fused-ring (bicyclic) bond motifs is 2. The van der Waals surface area contributed by atoms with Crippen molar-refractivity contribution < 1.29 is 48.7 Å². The number of carbonyl (C=O) groups excluding carboxylic acids is 4. The van der Waals surface area contributed by atoms with Gasteiger partial charge in [0.15, 0.2) is 0 Å². The van der Waals surface area contributed by atoms with E-state index in [0.717, 1.165) is 98.4 Å². The van der Waals surface area contributed by atoms with Gasteiger partial charge in [-0.1, -0.05) is 159 Å². The Hall–Kier alpha value is -10.6. The second kappa shape index (κ2) is 32.3. The molecule has 0 spiro atoms. The zero-order valence-electron chi connectivity index (χ0n) is 52.1. The van der Waals surface area contributed by atoms with Crippen LogP contribution in [0.25, 0.3) is 22.1 Å². The number of benzene rings is 8. The predicted octanol–water partition coefficient (Wildman–Crippen LogP) is 12.0. The maximum atomic E-state index is 13.8. The smallest absolute Gasteiger partial charge is 0.335 e. The van der Waals surface area contributed by atoms with E-state index >= 15 is 0 Å². The number of carboxylic acids is 2. The molecule has 92 heavy (non-hydrogen) atoms. The number of hydrogen-bond donors (Lipinski definition) is 6. The summed E-state index contributed by atoms with van der Waals surface area (Å²) in [6.45, 7) is 9.56. The van der Waals surface area contributed by atoms with Gasteiger partial charge in [-0.05, 0) is 133 Å². The van der Waals surface area contributed by atoms with E-state index in [2.05, 4.69) is 44.6 Å². The first-order chi connectivity index (χ1) is 44.6. The highest BCUT2D eigenvalue weighted by Gasteiger charge is 2.24. The minimum absolute atomic E-state index is 0.0293. The lowest BCUT2D eigenvalue weighted by Gasteiger charge is -2.19. The summed E-state index contributed by atoms with van der Waals surface area (Å²) >= 11 is 0. The highest BCUT2D eigenvalue weighted by Crippen LogP contribution is 2.27. The summed E-state index contributed by atoms with van der Waals surface area (Å²) in [7, 11) is 0. The van der Waals surface area contributed by atoms with Gasteiger partial charge in [0.1, 0.15) is 11.6 Å². The third kappa shape index (κ3) is 18.3. The first-order valence-electron chi connectivity index (χ1n) is 30.8. The summed E-state index contributed by atoms with van der Waals surface area (Å²) in [6.07, 6.45) is 4.29. The lowest BCUT2D eigenvalue weighted by Crippen LogP contribution is -2.40. The van der Waals surface area contributed by atoms with Crippen LogP contribution in [-0.4, -0.2) is 77.0 Å². The molecule has 0 unspecified atom stereocenters. The van der Waals surface area contributed by atoms with Crippen LogP contribution in [0.3, 0.4) is 0 Å². The number of aryl methyl sites for hydroxylation is 4. The van der Waals surface area contributed by atoms with E-state index in [1.54, 1.807) is 42.5 Å². The zero-order valence-corrected chi connectivity index (χ0v) is 52.1. The SMILES string of the molecule is CCCc1nc2c(C)cc(C(=O)N[C@@H](CC(=O)NOCc3ccccc3)Cc3ccccc3)cc2n1Cc1ccc(C(=O)O)cc1.CCCc1nc2cc(C(=O)N[C@@H](CC(=O)NOCc3ccccc3)Cc3ccccc3)cc(C)c2n1Cc1ccc(C(=O)O)cc1. The first kappa shape index (κ1) is 65.9. The number of imidazole rings is 2. The Morgan fingerprint density at radius 3 is 1.29 bits per heavy atom. The second-order valence-corrected chi connectivity index (χ2v) is 22.8. The molecule has 0 saturated carbocycles. The normalized spacial score (nSPS) is 11.7. The molecule has 0 bridgehead atoms. The summed E-state index contributed by atoms with van der Waals surface area (Å²) in [5.74, 6) is -1.39. The van der Waals surface area contributed by atoms with Gasteiger partial charge in [-0.15, -0.1) is 0 Å². The fourth-order valence-corrected chi connectivity index (χ4v) is 11.0. The molecule has 472 valence electrons. The van der Waals surface area contributed by atoms with E-state index in [1.165, 1.54) is 0 Å². The molecular weight excluding hydrogens is 1160 g/mol. The maximum absolute atomic E-state index is 13.8. The molecule has 6 N–H and O–H groups in total. The van der Waals surface area contributed by atoms with Crippen LogP contribution < -0.4 is 21.6 Å². The van der Waals surface area contributed by atoms with E-state index in [9.17, 15) is 39.0 Å². The van der Waals surface area contributed by atoms with Crippen LogP contribution in [0.2, 0.25) is 0 Å². The number of aromatic nitrogens is 4. The fourth-order valence-electron chi connectivity index (χ4n) is 11.0. The van der Waals surface area contributed by atoms with Gasteiger partial charge in [-0.25, -0.2) is 30.5 Å². The molecule has 18 nitrogen and oxygen atoms in total. The summed E-state index contributed by atoms with van der Waals surface area (Å²) in [5.41, 5.74) is 17.2. The van der Waals surface area contributed by atoms with Crippen molar-refractivity contribution in [2.75, 3.05) is 0 Å². The molecule has 18 heteroatoms. The van der Waals surface area contributed by atoms with Crippen LogP contribution in [0.4, 0.5) is 0 Å². The number of hydroxylamine groups is 2. The van der Waals surface area contributed by atoms with Crippen LogP contribution in [0.15, 0.2) is 194 Å². The Bertz CT molecular complexity index is 4140. The number of rotatable bonds is 28. The van der Waals surface area contributed by atoms with Gasteiger partial charge in [0.2, 0.25) is 11.8 Å².